The number of ether oxygens (including phenoxy) is 6. The van der Waals surface area contributed by atoms with Crippen LogP contribution in [-0.4, -0.2) is 193 Å². The standard InChI is InChI=1S/C89H159NO18/c1-3-5-7-9-11-13-15-17-19-21-23-25-27-28-29-30-31-32-33-34-35-36-37-38-39-40-41-42-43-44-45-47-49-51-53-55-57-59-61-63-65-67-77(95)90-72(73(94)66-64-62-60-58-56-54-52-50-48-46-26-24-22-20-18-16-14-12-10-8-6-4-2)71-103-87-83(101)80(98)85(75(69-92)105-87)108-89-84(102)81(99)86(76(70-93)106-89)107-88-82(100)79(97)78(96)74(68-91)104-88/h5,7,11,13,17,19,23,25,28-29,31-32,34-35,72-76,78-89,91-94,96-102H,3-4,6,8-10,12,14-16,18,20-22,24,26-27,30,33,36-71H2,1-2H3,(H,90,95)/b7-5-,13-11-,19-17-,25-23-,29-28-,32-31-,35-34-. The van der Waals surface area contributed by atoms with Crippen LogP contribution in [0.5, 0.6) is 0 Å². The zero-order chi connectivity index (χ0) is 78.1. The molecule has 3 fully saturated rings. The number of carbonyl (C=O) groups excluding carboxylic acids is 1. The van der Waals surface area contributed by atoms with Crippen LogP contribution < -0.4 is 5.32 Å². The maximum atomic E-state index is 13.5. The van der Waals surface area contributed by atoms with Gasteiger partial charge in [-0.25, -0.2) is 0 Å². The van der Waals surface area contributed by atoms with Gasteiger partial charge in [0, 0.05) is 6.42 Å². The van der Waals surface area contributed by atoms with Crippen LogP contribution in [0, 0.1) is 0 Å². The largest absolute Gasteiger partial charge is 0.394 e. The summed E-state index contributed by atoms with van der Waals surface area (Å²) in [6.45, 7) is 1.73. The van der Waals surface area contributed by atoms with Gasteiger partial charge >= 0.3 is 0 Å². The molecule has 0 aromatic rings. The predicted molar refractivity (Wildman–Crippen MR) is 434 cm³/mol. The van der Waals surface area contributed by atoms with Gasteiger partial charge in [0.1, 0.15) is 73.2 Å². The highest BCUT2D eigenvalue weighted by Crippen LogP contribution is 2.33. The fourth-order valence-electron chi connectivity index (χ4n) is 14.5. The molecule has 3 aliphatic rings. The molecule has 0 aromatic heterocycles. The lowest BCUT2D eigenvalue weighted by molar-refractivity contribution is -0.379. The van der Waals surface area contributed by atoms with E-state index < -0.39 is 124 Å². The first kappa shape index (κ1) is 99.2. The second-order valence-electron chi connectivity index (χ2n) is 31.0. The normalized spacial score (nSPS) is 25.8. The molecule has 0 aliphatic carbocycles. The maximum Gasteiger partial charge on any atom is 0.220 e. The van der Waals surface area contributed by atoms with Crippen molar-refractivity contribution in [2.45, 2.75) is 446 Å². The molecule has 3 rings (SSSR count). The van der Waals surface area contributed by atoms with Gasteiger partial charge in [0.25, 0.3) is 0 Å². The summed E-state index contributed by atoms with van der Waals surface area (Å²) >= 11 is 0. The van der Waals surface area contributed by atoms with E-state index in [1.54, 1.807) is 0 Å². The molecule has 0 bridgehead atoms. The summed E-state index contributed by atoms with van der Waals surface area (Å²) in [7, 11) is 0. The summed E-state index contributed by atoms with van der Waals surface area (Å²) in [6, 6.07) is -0.890. The van der Waals surface area contributed by atoms with Crippen LogP contribution in [0.1, 0.15) is 341 Å². The lowest BCUT2D eigenvalue weighted by atomic mass is 9.96. The molecule has 12 N–H and O–H groups in total. The summed E-state index contributed by atoms with van der Waals surface area (Å²) in [5.41, 5.74) is 0. The van der Waals surface area contributed by atoms with Crippen LogP contribution >= 0.6 is 0 Å². The number of rotatable bonds is 70. The van der Waals surface area contributed by atoms with E-state index in [9.17, 15) is 61.0 Å². The third-order valence-corrected chi connectivity index (χ3v) is 21.5. The van der Waals surface area contributed by atoms with E-state index >= 15 is 0 Å². The van der Waals surface area contributed by atoms with Crippen molar-refractivity contribution in [3.63, 3.8) is 0 Å². The van der Waals surface area contributed by atoms with Crippen molar-refractivity contribution in [3.8, 4) is 0 Å². The maximum absolute atomic E-state index is 13.5. The zero-order valence-electron chi connectivity index (χ0n) is 67.6. The van der Waals surface area contributed by atoms with Gasteiger partial charge in [-0.3, -0.25) is 4.79 Å². The van der Waals surface area contributed by atoms with Crippen molar-refractivity contribution in [1.82, 2.24) is 5.32 Å². The number of aliphatic hydroxyl groups excluding tert-OH is 11. The summed E-state index contributed by atoms with van der Waals surface area (Å²) in [5, 5.41) is 121. The van der Waals surface area contributed by atoms with Gasteiger partial charge in [0.05, 0.1) is 38.6 Å². The Kier molecular flexibility index (Phi) is 62.8. The van der Waals surface area contributed by atoms with E-state index in [4.69, 9.17) is 28.4 Å². The number of unbranched alkanes of at least 4 members (excludes halogenated alkanes) is 40. The molecule has 1 amide bonds. The fourth-order valence-corrected chi connectivity index (χ4v) is 14.5. The Bertz CT molecular complexity index is 2280. The minimum atomic E-state index is -1.97. The highest BCUT2D eigenvalue weighted by molar-refractivity contribution is 5.76. The van der Waals surface area contributed by atoms with E-state index in [0.717, 1.165) is 89.9 Å². The topological polar surface area (TPSA) is 307 Å². The smallest absolute Gasteiger partial charge is 0.220 e. The molecule has 19 heteroatoms. The van der Waals surface area contributed by atoms with Gasteiger partial charge in [0.2, 0.25) is 5.91 Å². The van der Waals surface area contributed by atoms with E-state index in [1.165, 1.54) is 218 Å². The average Bonchev–Trinajstić information content (AvgIpc) is 0.787. The monoisotopic (exact) mass is 1530 g/mol. The molecule has 108 heavy (non-hydrogen) atoms. The Morgan fingerprint density at radius 1 is 0.343 bits per heavy atom. The van der Waals surface area contributed by atoms with Gasteiger partial charge in [-0.2, -0.15) is 0 Å². The van der Waals surface area contributed by atoms with E-state index in [-0.39, 0.29) is 18.9 Å². The van der Waals surface area contributed by atoms with Gasteiger partial charge < -0.3 is 89.9 Å². The van der Waals surface area contributed by atoms with Crippen molar-refractivity contribution in [2.24, 2.45) is 0 Å². The zero-order valence-corrected chi connectivity index (χ0v) is 67.6. The lowest BCUT2D eigenvalue weighted by Gasteiger charge is -2.48. The minimum Gasteiger partial charge on any atom is -0.394 e. The summed E-state index contributed by atoms with van der Waals surface area (Å²) in [6.07, 6.45) is 65.4. The van der Waals surface area contributed by atoms with Crippen molar-refractivity contribution < 1.29 is 89.4 Å². The first-order valence-corrected chi connectivity index (χ1v) is 43.8. The Hall–Kier alpha value is -3.03. The Balaban J connectivity index is 1.30. The number of amides is 1. The van der Waals surface area contributed by atoms with Crippen LogP contribution in [0.25, 0.3) is 0 Å². The number of hydrogen-bond donors (Lipinski definition) is 12. The molecule has 3 aliphatic heterocycles. The van der Waals surface area contributed by atoms with Gasteiger partial charge in [0.15, 0.2) is 18.9 Å². The predicted octanol–water partition coefficient (Wildman–Crippen LogP) is 16.1. The van der Waals surface area contributed by atoms with E-state index in [1.807, 2.05) is 0 Å². The number of aliphatic hydroxyl groups is 11. The van der Waals surface area contributed by atoms with E-state index in [0.29, 0.717) is 12.8 Å². The van der Waals surface area contributed by atoms with Gasteiger partial charge in [-0.15, -0.1) is 0 Å². The minimum absolute atomic E-state index is 0.238. The molecule has 0 radical (unpaired) electrons. The molecule has 17 unspecified atom stereocenters. The fraction of sp³-hybridized carbons (Fsp3) is 0.831. The molecule has 628 valence electrons. The van der Waals surface area contributed by atoms with Crippen molar-refractivity contribution in [3.05, 3.63) is 85.1 Å². The van der Waals surface area contributed by atoms with Crippen LogP contribution in [0.15, 0.2) is 85.1 Å². The third-order valence-electron chi connectivity index (χ3n) is 21.5. The number of allylic oxidation sites excluding steroid dienone is 14. The molecule has 0 saturated carbocycles. The number of nitrogens with one attached hydrogen (secondary N) is 1. The molecule has 3 saturated heterocycles. The van der Waals surface area contributed by atoms with E-state index in [2.05, 4.69) is 104 Å². The second-order valence-corrected chi connectivity index (χ2v) is 31.0. The molecule has 3 heterocycles. The number of hydrogen-bond acceptors (Lipinski definition) is 18. The Morgan fingerprint density at radius 2 is 0.639 bits per heavy atom. The molecular formula is C89H159NO18. The highest BCUT2D eigenvalue weighted by atomic mass is 16.8. The van der Waals surface area contributed by atoms with Crippen LogP contribution in [-0.2, 0) is 33.2 Å². The molecule has 17 atom stereocenters. The SMILES string of the molecule is CC/C=C\C/C=C\C/C=C\C/C=C\C/C=C\C/C=C\C/C=C\CCCCCCCCCCCCCCCCCCCCCC(=O)NC(COC1OC(CO)C(OC2OC(CO)C(OC3OC(CO)C(O)C(O)C3O)C(O)C2O)C(O)C1O)C(O)CCCCCCCCCCCCCCCCCCCCCCCC. The highest BCUT2D eigenvalue weighted by Gasteiger charge is 2.54. The van der Waals surface area contributed by atoms with Gasteiger partial charge in [-0.1, -0.05) is 349 Å². The van der Waals surface area contributed by atoms with Crippen LogP contribution in [0.4, 0.5) is 0 Å². The summed E-state index contributed by atoms with van der Waals surface area (Å²) in [5.74, 6) is -0.238. The molecule has 0 spiro atoms. The quantitative estimate of drug-likeness (QED) is 0.0199. The van der Waals surface area contributed by atoms with Crippen LogP contribution in [0.2, 0.25) is 0 Å². The first-order valence-electron chi connectivity index (χ1n) is 43.8. The van der Waals surface area contributed by atoms with Crippen LogP contribution in [0.3, 0.4) is 0 Å². The van der Waals surface area contributed by atoms with Crippen molar-refractivity contribution in [2.75, 3.05) is 26.4 Å². The third kappa shape index (κ3) is 47.0. The lowest BCUT2D eigenvalue weighted by Crippen LogP contribution is -2.66. The molecule has 19 nitrogen and oxygen atoms in total. The van der Waals surface area contributed by atoms with Crippen molar-refractivity contribution >= 4 is 5.91 Å². The van der Waals surface area contributed by atoms with Crippen molar-refractivity contribution in [1.29, 1.82) is 0 Å². The molecule has 0 aromatic carbocycles. The molecular weight excluding hydrogens is 1370 g/mol. The second kappa shape index (κ2) is 68.4. The summed E-state index contributed by atoms with van der Waals surface area (Å²) in [4.78, 5) is 13.5. The van der Waals surface area contributed by atoms with Gasteiger partial charge in [-0.05, 0) is 70.6 Å². The number of carbonyl (C=O) groups is 1. The Labute approximate surface area is 654 Å². The average molecular weight is 1530 g/mol. The summed E-state index contributed by atoms with van der Waals surface area (Å²) < 4.78 is 34.6. The first-order chi connectivity index (χ1) is 52.8. The Morgan fingerprint density at radius 3 is 1.00 bits per heavy atom.